The van der Waals surface area contributed by atoms with E-state index in [0.717, 1.165) is 0 Å². The number of hydrogen-bond acceptors (Lipinski definition) is 33. The molecule has 1 aromatic carbocycles. The second kappa shape index (κ2) is 81.6. The van der Waals surface area contributed by atoms with Crippen molar-refractivity contribution in [2.45, 2.75) is 70.3 Å². The molecule has 41 heteroatoms. The van der Waals surface area contributed by atoms with Crippen molar-refractivity contribution in [2.75, 3.05) is 330 Å². The van der Waals surface area contributed by atoms with Crippen LogP contribution < -0.4 is 37.6 Å². The van der Waals surface area contributed by atoms with Crippen molar-refractivity contribution in [3.8, 4) is 0 Å². The summed E-state index contributed by atoms with van der Waals surface area (Å²) in [6.07, 6.45) is -1.30. The third-order valence-corrected chi connectivity index (χ3v) is 14.8. The highest BCUT2D eigenvalue weighted by atomic mass is 16.7. The molecule has 0 aromatic heterocycles. The predicted octanol–water partition coefficient (Wildman–Crippen LogP) is -1.38. The lowest BCUT2D eigenvalue weighted by Gasteiger charge is -2.23. The predicted molar refractivity (Wildman–Crippen MR) is 409 cm³/mol. The summed E-state index contributed by atoms with van der Waals surface area (Å²) in [4.78, 5) is 102. The fourth-order valence-corrected chi connectivity index (χ4v) is 8.82. The van der Waals surface area contributed by atoms with E-state index in [1.807, 2.05) is 0 Å². The SMILES string of the molecule is COCCOCCOCCOCCOCCOCCOCCOCCOCCOCCOCCOCC(=O)NCCCC[C@H](NC(=O)COCCOCCOCCOCCOCCOCCOCCOCCOCCOCCOCCOC)C(=O)N[C@H](C)C(=O)N[C@H](C)C(=O)N[C@H](CC(N)=O)C(=O)Nc1ccc(COC(=O)O)cc1. The minimum absolute atomic E-state index is 0.0329. The lowest BCUT2D eigenvalue weighted by Crippen LogP contribution is -2.57. The Morgan fingerprint density at radius 2 is 0.609 bits per heavy atom. The number of carboxylic acid groups (broad SMARTS) is 1. The average Bonchev–Trinajstić information content (AvgIpc) is 0.871. The van der Waals surface area contributed by atoms with E-state index in [9.17, 15) is 38.4 Å². The fraction of sp³-hybridized carbons (Fsp3) is 0.811. The van der Waals surface area contributed by atoms with Crippen LogP contribution in [0, 0.1) is 0 Å². The van der Waals surface area contributed by atoms with Crippen LogP contribution in [-0.2, 0) is 159 Å². The number of benzene rings is 1. The van der Waals surface area contributed by atoms with E-state index in [4.69, 9.17) is 125 Å². The van der Waals surface area contributed by atoms with Crippen LogP contribution in [0.4, 0.5) is 10.5 Å². The van der Waals surface area contributed by atoms with Crippen LogP contribution >= 0.6 is 0 Å². The first kappa shape index (κ1) is 107. The van der Waals surface area contributed by atoms with Crippen molar-refractivity contribution >= 4 is 53.2 Å². The Balaban J connectivity index is 2.36. The van der Waals surface area contributed by atoms with Gasteiger partial charge in [-0.2, -0.15) is 0 Å². The molecule has 9 N–H and O–H groups in total. The first-order chi connectivity index (χ1) is 56.2. The Hall–Kier alpha value is -6.18. The number of nitrogens with two attached hydrogens (primary N) is 1. The minimum atomic E-state index is -1.48. The second-order valence-electron chi connectivity index (χ2n) is 24.2. The van der Waals surface area contributed by atoms with Crippen LogP contribution in [0.5, 0.6) is 0 Å². The van der Waals surface area contributed by atoms with Crippen LogP contribution in [0.15, 0.2) is 24.3 Å². The lowest BCUT2D eigenvalue weighted by atomic mass is 10.1. The summed E-state index contributed by atoms with van der Waals surface area (Å²) in [5.41, 5.74) is 6.10. The summed E-state index contributed by atoms with van der Waals surface area (Å²) in [5, 5.41) is 24.1. The highest BCUT2D eigenvalue weighted by Crippen LogP contribution is 2.12. The maximum absolute atomic E-state index is 13.7. The molecule has 1 rings (SSSR count). The molecule has 1 aromatic rings. The molecule has 0 fully saturated rings. The summed E-state index contributed by atoms with van der Waals surface area (Å²) in [5.74, 6) is -5.21. The fourth-order valence-electron chi connectivity index (χ4n) is 8.82. The number of amides is 7. The molecule has 0 aliphatic rings. The van der Waals surface area contributed by atoms with Crippen LogP contribution in [0.25, 0.3) is 0 Å². The van der Waals surface area contributed by atoms with E-state index in [1.165, 1.54) is 38.1 Å². The van der Waals surface area contributed by atoms with Crippen LogP contribution in [0.2, 0.25) is 0 Å². The van der Waals surface area contributed by atoms with Crippen LogP contribution in [-0.4, -0.2) is 401 Å². The van der Waals surface area contributed by atoms with E-state index in [2.05, 4.69) is 36.6 Å². The molecular weight excluding hydrogens is 1530 g/mol. The molecule has 0 unspecified atom stereocenters. The number of primary amides is 1. The number of carbonyl (C=O) groups excluding carboxylic acids is 7. The highest BCUT2D eigenvalue weighted by Gasteiger charge is 2.29. The zero-order chi connectivity index (χ0) is 83.6. The average molecular weight is 1660 g/mol. The molecule has 0 radical (unpaired) electrons. The standard InChI is InChI=1S/C74H133N7O34/c1-61(70(85)77-62(2)71(86)81-66(57-67(75)82)73(88)79-64-10-8-63(9-11-64)58-115-74(89)90)78-72(87)65(80-69(84)60-114-56-54-112-52-50-110-48-46-108-44-42-106-40-38-104-36-34-102-32-30-100-28-26-98-24-22-96-20-18-94-16-14-92-4)7-5-6-12-76-68(83)59-113-55-53-111-51-49-109-47-45-107-43-41-105-39-37-103-35-33-101-31-29-99-27-25-97-23-21-95-19-17-93-15-13-91-3/h8-11,61-62,65-66H,5-7,12-60H2,1-4H3,(H2,75,82)(H,76,83)(H,77,85)(H,78,87)(H,79,88)(H,80,84)(H,81,86)(H,89,90)/t61-,62-,65+,66-/m1/s1. The third-order valence-electron chi connectivity index (χ3n) is 14.8. The zero-order valence-electron chi connectivity index (χ0n) is 67.9. The number of nitrogens with one attached hydrogen (secondary N) is 6. The molecule has 0 saturated carbocycles. The molecule has 115 heavy (non-hydrogen) atoms. The van der Waals surface area contributed by atoms with Gasteiger partial charge in [0.1, 0.15) is 44.0 Å². The van der Waals surface area contributed by atoms with E-state index in [1.54, 1.807) is 14.2 Å². The largest absolute Gasteiger partial charge is 0.506 e. The second-order valence-corrected chi connectivity index (χ2v) is 24.2. The smallest absolute Gasteiger partial charge is 0.450 e. The topological polar surface area (TPSA) is 486 Å². The minimum Gasteiger partial charge on any atom is -0.450 e. The number of anilines is 1. The van der Waals surface area contributed by atoms with Gasteiger partial charge in [-0.25, -0.2) is 4.79 Å². The van der Waals surface area contributed by atoms with Gasteiger partial charge in [0.25, 0.3) is 0 Å². The first-order valence-corrected chi connectivity index (χ1v) is 38.9. The molecule has 0 spiro atoms. The first-order valence-electron chi connectivity index (χ1n) is 38.9. The summed E-state index contributed by atoms with van der Waals surface area (Å²) >= 11 is 0. The molecule has 7 amide bonds. The highest BCUT2D eigenvalue weighted by molar-refractivity contribution is 6.01. The molecule has 668 valence electrons. The van der Waals surface area contributed by atoms with E-state index in [-0.39, 0.29) is 77.4 Å². The molecule has 4 atom stereocenters. The van der Waals surface area contributed by atoms with Crippen molar-refractivity contribution in [2.24, 2.45) is 5.73 Å². The number of methoxy groups -OCH3 is 2. The van der Waals surface area contributed by atoms with E-state index >= 15 is 0 Å². The van der Waals surface area contributed by atoms with Gasteiger partial charge in [0.05, 0.1) is 297 Å². The summed E-state index contributed by atoms with van der Waals surface area (Å²) in [6, 6.07) is 0.661. The third kappa shape index (κ3) is 72.8. The van der Waals surface area contributed by atoms with Crippen LogP contribution in [0.3, 0.4) is 0 Å². The van der Waals surface area contributed by atoms with Crippen LogP contribution in [0.1, 0.15) is 45.1 Å². The Labute approximate surface area is 675 Å². The summed E-state index contributed by atoms with van der Waals surface area (Å²) in [6.45, 7) is 20.0. The Kier molecular flexibility index (Phi) is 75.8. The number of hydrogen-bond donors (Lipinski definition) is 8. The maximum atomic E-state index is 13.7. The molecule has 0 heterocycles. The van der Waals surface area contributed by atoms with Gasteiger partial charge in [0, 0.05) is 26.5 Å². The van der Waals surface area contributed by atoms with Gasteiger partial charge in [0.15, 0.2) is 0 Å². The Morgan fingerprint density at radius 1 is 0.330 bits per heavy atom. The monoisotopic (exact) mass is 1660 g/mol. The number of unbranched alkanes of at least 4 members (excludes halogenated alkanes) is 1. The van der Waals surface area contributed by atoms with Crippen molar-refractivity contribution in [1.29, 1.82) is 0 Å². The Morgan fingerprint density at radius 3 is 0.904 bits per heavy atom. The number of rotatable bonds is 88. The molecule has 0 bridgehead atoms. The number of carbonyl (C=O) groups is 8. The lowest BCUT2D eigenvalue weighted by molar-refractivity contribution is -0.135. The molecule has 0 aliphatic carbocycles. The van der Waals surface area contributed by atoms with Crippen molar-refractivity contribution in [1.82, 2.24) is 26.6 Å². The molecule has 41 nitrogen and oxygen atoms in total. The van der Waals surface area contributed by atoms with Gasteiger partial charge in [0.2, 0.25) is 41.4 Å². The quantitative estimate of drug-likeness (QED) is 0.0275. The van der Waals surface area contributed by atoms with Crippen molar-refractivity contribution in [3.63, 3.8) is 0 Å². The molecule has 0 saturated heterocycles. The van der Waals surface area contributed by atoms with Gasteiger partial charge in [-0.3, -0.25) is 33.6 Å². The number of ether oxygens (including phenoxy) is 25. The maximum Gasteiger partial charge on any atom is 0.506 e. The van der Waals surface area contributed by atoms with Gasteiger partial charge >= 0.3 is 6.16 Å². The normalized spacial score (nSPS) is 12.4. The van der Waals surface area contributed by atoms with E-state index in [0.29, 0.717) is 269 Å². The van der Waals surface area contributed by atoms with Crippen molar-refractivity contribution < 1.29 is 162 Å². The summed E-state index contributed by atoms with van der Waals surface area (Å²) in [7, 11) is 3.25. The van der Waals surface area contributed by atoms with Crippen molar-refractivity contribution in [3.05, 3.63) is 29.8 Å². The summed E-state index contributed by atoms with van der Waals surface area (Å²) < 4.78 is 135. The van der Waals surface area contributed by atoms with Gasteiger partial charge in [-0.05, 0) is 50.8 Å². The van der Waals surface area contributed by atoms with Gasteiger partial charge < -0.3 is 161 Å². The Bertz CT molecular complexity index is 2500. The van der Waals surface area contributed by atoms with Gasteiger partial charge in [-0.15, -0.1) is 0 Å². The zero-order valence-corrected chi connectivity index (χ0v) is 67.9. The molecular formula is C74H133N7O34. The van der Waals surface area contributed by atoms with Gasteiger partial charge in [-0.1, -0.05) is 12.1 Å². The molecule has 0 aliphatic heterocycles. The van der Waals surface area contributed by atoms with E-state index < -0.39 is 78.8 Å².